The predicted molar refractivity (Wildman–Crippen MR) is 66.9 cm³/mol. The van der Waals surface area contributed by atoms with Crippen LogP contribution in [0.2, 0.25) is 0 Å². The molecule has 2 heterocycles. The number of aromatic nitrogens is 2. The van der Waals surface area contributed by atoms with Crippen molar-refractivity contribution in [3.05, 3.63) is 12.4 Å². The van der Waals surface area contributed by atoms with Crippen LogP contribution in [0.25, 0.3) is 0 Å². The molecule has 1 fully saturated rings. The van der Waals surface area contributed by atoms with E-state index in [1.54, 1.807) is 29.0 Å². The van der Waals surface area contributed by atoms with Gasteiger partial charge >= 0.3 is 0 Å². The Kier molecular flexibility index (Phi) is 3.36. The third kappa shape index (κ3) is 2.52. The number of carbonyl (C=O) groups excluding carboxylic acids is 2. The van der Waals surface area contributed by atoms with Crippen molar-refractivity contribution in [3.8, 4) is 0 Å². The van der Waals surface area contributed by atoms with Crippen molar-refractivity contribution in [3.63, 3.8) is 0 Å². The normalized spacial score (nSPS) is 19.7. The molecule has 1 aromatic heterocycles. The van der Waals surface area contributed by atoms with E-state index >= 15 is 0 Å². The lowest BCUT2D eigenvalue weighted by Crippen LogP contribution is -2.36. The SMILES string of the molecule is CC(C)NC(=O)[C@H]1CC(=O)N(c2cnn(C)c2)C1. The van der Waals surface area contributed by atoms with Gasteiger partial charge in [-0.3, -0.25) is 14.3 Å². The molecule has 6 heteroatoms. The number of nitrogens with zero attached hydrogens (tertiary/aromatic N) is 3. The lowest BCUT2D eigenvalue weighted by atomic mass is 10.1. The number of hydrogen-bond donors (Lipinski definition) is 1. The largest absolute Gasteiger partial charge is 0.354 e. The average molecular weight is 250 g/mol. The molecule has 0 radical (unpaired) electrons. The Labute approximate surface area is 106 Å². The number of aryl methyl sites for hydroxylation is 1. The van der Waals surface area contributed by atoms with E-state index in [-0.39, 0.29) is 30.2 Å². The van der Waals surface area contributed by atoms with Crippen LogP contribution in [-0.2, 0) is 16.6 Å². The summed E-state index contributed by atoms with van der Waals surface area (Å²) in [6, 6.07) is 0.0973. The van der Waals surface area contributed by atoms with Gasteiger partial charge in [-0.2, -0.15) is 5.10 Å². The third-order valence-electron chi connectivity index (χ3n) is 2.93. The zero-order valence-corrected chi connectivity index (χ0v) is 10.9. The molecule has 98 valence electrons. The van der Waals surface area contributed by atoms with E-state index in [0.717, 1.165) is 5.69 Å². The first-order chi connectivity index (χ1) is 8.47. The average Bonchev–Trinajstić information content (AvgIpc) is 2.83. The van der Waals surface area contributed by atoms with Gasteiger partial charge in [0.25, 0.3) is 0 Å². The van der Waals surface area contributed by atoms with Crippen molar-refractivity contribution in [2.75, 3.05) is 11.4 Å². The number of carbonyl (C=O) groups is 2. The van der Waals surface area contributed by atoms with E-state index < -0.39 is 0 Å². The Morgan fingerprint density at radius 2 is 2.28 bits per heavy atom. The Balaban J connectivity index is 2.05. The van der Waals surface area contributed by atoms with Crippen LogP contribution in [0.3, 0.4) is 0 Å². The zero-order valence-electron chi connectivity index (χ0n) is 10.9. The molecule has 1 aliphatic heterocycles. The maximum absolute atomic E-state index is 11.9. The molecule has 1 atom stereocenters. The van der Waals surface area contributed by atoms with Crippen LogP contribution < -0.4 is 10.2 Å². The Bertz CT molecular complexity index is 466. The number of amides is 2. The van der Waals surface area contributed by atoms with Crippen LogP contribution in [0, 0.1) is 5.92 Å². The lowest BCUT2D eigenvalue weighted by Gasteiger charge is -2.15. The van der Waals surface area contributed by atoms with Gasteiger partial charge in [0.2, 0.25) is 11.8 Å². The molecular weight excluding hydrogens is 232 g/mol. The number of rotatable bonds is 3. The van der Waals surface area contributed by atoms with Crippen LogP contribution in [0.4, 0.5) is 5.69 Å². The van der Waals surface area contributed by atoms with Gasteiger partial charge in [0, 0.05) is 32.3 Å². The zero-order chi connectivity index (χ0) is 13.3. The minimum Gasteiger partial charge on any atom is -0.354 e. The minimum atomic E-state index is -0.264. The first-order valence-electron chi connectivity index (χ1n) is 6.06. The fraction of sp³-hybridized carbons (Fsp3) is 0.583. The minimum absolute atomic E-state index is 0.0214. The summed E-state index contributed by atoms with van der Waals surface area (Å²) in [6.45, 7) is 4.25. The summed E-state index contributed by atoms with van der Waals surface area (Å²) in [5.41, 5.74) is 0.752. The Morgan fingerprint density at radius 1 is 1.56 bits per heavy atom. The van der Waals surface area contributed by atoms with Crippen molar-refractivity contribution in [1.82, 2.24) is 15.1 Å². The van der Waals surface area contributed by atoms with Crippen LogP contribution in [0.1, 0.15) is 20.3 Å². The van der Waals surface area contributed by atoms with Gasteiger partial charge < -0.3 is 10.2 Å². The molecule has 0 unspecified atom stereocenters. The molecule has 0 aromatic carbocycles. The van der Waals surface area contributed by atoms with Crippen molar-refractivity contribution >= 4 is 17.5 Å². The van der Waals surface area contributed by atoms with Gasteiger partial charge in [0.1, 0.15) is 0 Å². The smallest absolute Gasteiger partial charge is 0.227 e. The maximum atomic E-state index is 11.9. The van der Waals surface area contributed by atoms with Crippen LogP contribution in [-0.4, -0.2) is 34.2 Å². The Morgan fingerprint density at radius 3 is 2.83 bits per heavy atom. The van der Waals surface area contributed by atoms with Crippen molar-refractivity contribution in [1.29, 1.82) is 0 Å². The van der Waals surface area contributed by atoms with E-state index in [1.165, 1.54) is 0 Å². The highest BCUT2D eigenvalue weighted by atomic mass is 16.2. The summed E-state index contributed by atoms with van der Waals surface area (Å²) in [7, 11) is 1.80. The maximum Gasteiger partial charge on any atom is 0.227 e. The highest BCUT2D eigenvalue weighted by molar-refractivity contribution is 6.00. The van der Waals surface area contributed by atoms with Crippen molar-refractivity contribution in [2.24, 2.45) is 13.0 Å². The molecule has 0 saturated carbocycles. The first-order valence-corrected chi connectivity index (χ1v) is 6.06. The number of anilines is 1. The first kappa shape index (κ1) is 12.6. The predicted octanol–water partition coefficient (Wildman–Crippen LogP) is 0.298. The van der Waals surface area contributed by atoms with Gasteiger partial charge in [-0.05, 0) is 13.8 Å². The van der Waals surface area contributed by atoms with Gasteiger partial charge in [0.15, 0.2) is 0 Å². The summed E-state index contributed by atoms with van der Waals surface area (Å²) in [6.07, 6.45) is 3.69. The van der Waals surface area contributed by atoms with Crippen LogP contribution >= 0.6 is 0 Å². The molecule has 1 aliphatic rings. The second kappa shape index (κ2) is 4.80. The molecule has 0 bridgehead atoms. The molecule has 6 nitrogen and oxygen atoms in total. The summed E-state index contributed by atoms with van der Waals surface area (Å²) >= 11 is 0. The van der Waals surface area contributed by atoms with Crippen molar-refractivity contribution in [2.45, 2.75) is 26.3 Å². The quantitative estimate of drug-likeness (QED) is 0.839. The Hall–Kier alpha value is -1.85. The highest BCUT2D eigenvalue weighted by Crippen LogP contribution is 2.24. The molecule has 18 heavy (non-hydrogen) atoms. The summed E-state index contributed by atoms with van der Waals surface area (Å²) in [5.74, 6) is -0.336. The molecule has 1 saturated heterocycles. The van der Waals surface area contributed by atoms with Crippen LogP contribution in [0.5, 0.6) is 0 Å². The topological polar surface area (TPSA) is 67.2 Å². The monoisotopic (exact) mass is 250 g/mol. The van der Waals surface area contributed by atoms with E-state index in [0.29, 0.717) is 6.54 Å². The van der Waals surface area contributed by atoms with Crippen LogP contribution in [0.15, 0.2) is 12.4 Å². The second-order valence-corrected chi connectivity index (χ2v) is 4.94. The third-order valence-corrected chi connectivity index (χ3v) is 2.93. The highest BCUT2D eigenvalue weighted by Gasteiger charge is 2.35. The van der Waals surface area contributed by atoms with E-state index in [2.05, 4.69) is 10.4 Å². The van der Waals surface area contributed by atoms with E-state index in [4.69, 9.17) is 0 Å². The molecule has 1 N–H and O–H groups in total. The molecular formula is C12H18N4O2. The standard InChI is InChI=1S/C12H18N4O2/c1-8(2)14-12(18)9-4-11(17)16(6-9)10-5-13-15(3)7-10/h5,7-9H,4,6H2,1-3H3,(H,14,18)/t9-/m0/s1. The molecule has 0 spiro atoms. The molecule has 2 rings (SSSR count). The fourth-order valence-corrected chi connectivity index (χ4v) is 2.08. The summed E-state index contributed by atoms with van der Waals surface area (Å²) in [4.78, 5) is 25.4. The van der Waals surface area contributed by atoms with E-state index in [9.17, 15) is 9.59 Å². The van der Waals surface area contributed by atoms with Gasteiger partial charge in [-0.1, -0.05) is 0 Å². The summed E-state index contributed by atoms with van der Waals surface area (Å²) < 4.78 is 1.64. The molecule has 0 aliphatic carbocycles. The number of hydrogen-bond acceptors (Lipinski definition) is 3. The van der Waals surface area contributed by atoms with Gasteiger partial charge in [0.05, 0.1) is 17.8 Å². The molecule has 1 aromatic rings. The van der Waals surface area contributed by atoms with E-state index in [1.807, 2.05) is 13.8 Å². The van der Waals surface area contributed by atoms with Gasteiger partial charge in [-0.15, -0.1) is 0 Å². The van der Waals surface area contributed by atoms with Crippen molar-refractivity contribution < 1.29 is 9.59 Å². The second-order valence-electron chi connectivity index (χ2n) is 4.94. The molecule has 2 amide bonds. The summed E-state index contributed by atoms with van der Waals surface area (Å²) in [5, 5.41) is 6.88. The number of nitrogens with one attached hydrogen (secondary N) is 1. The lowest BCUT2D eigenvalue weighted by molar-refractivity contribution is -0.126. The fourth-order valence-electron chi connectivity index (χ4n) is 2.08. The van der Waals surface area contributed by atoms with Gasteiger partial charge in [-0.25, -0.2) is 0 Å².